The van der Waals surface area contributed by atoms with Gasteiger partial charge in [0.2, 0.25) is 0 Å². The van der Waals surface area contributed by atoms with Gasteiger partial charge in [-0.2, -0.15) is 0 Å². The number of aromatic nitrogens is 1. The molecule has 0 unspecified atom stereocenters. The Hall–Kier alpha value is -1.45. The summed E-state index contributed by atoms with van der Waals surface area (Å²) in [5.41, 5.74) is 7.64. The Balaban J connectivity index is 2.36. The van der Waals surface area contributed by atoms with Crippen LogP contribution in [0.1, 0.15) is 13.3 Å². The fourth-order valence-electron chi connectivity index (χ4n) is 1.97. The van der Waals surface area contributed by atoms with Crippen LogP contribution in [0.3, 0.4) is 0 Å². The zero-order chi connectivity index (χ0) is 10.8. The molecule has 0 aromatic carbocycles. The number of anilines is 3. The Kier molecular flexibility index (Phi) is 2.66. The first-order valence-corrected chi connectivity index (χ1v) is 5.44. The van der Waals surface area contributed by atoms with Crippen molar-refractivity contribution >= 4 is 17.2 Å². The molecule has 0 saturated heterocycles. The highest BCUT2D eigenvalue weighted by Gasteiger charge is 2.20. The lowest BCUT2D eigenvalue weighted by Gasteiger charge is -2.35. The molecule has 0 spiro atoms. The van der Waals surface area contributed by atoms with Gasteiger partial charge >= 0.3 is 0 Å². The lowest BCUT2D eigenvalue weighted by molar-refractivity contribution is 0.707. The molecule has 0 atom stereocenters. The molecule has 4 nitrogen and oxygen atoms in total. The van der Waals surface area contributed by atoms with E-state index >= 15 is 0 Å². The summed E-state index contributed by atoms with van der Waals surface area (Å²) in [6.07, 6.45) is 2.88. The van der Waals surface area contributed by atoms with Gasteiger partial charge in [0.15, 0.2) is 5.82 Å². The molecule has 1 aromatic rings. The van der Waals surface area contributed by atoms with Crippen molar-refractivity contribution in [1.82, 2.24) is 4.98 Å². The SMILES string of the molecule is CCCN1CCN(C)c2cc(N)cnc21. The maximum atomic E-state index is 5.76. The molecule has 2 N–H and O–H groups in total. The molecule has 82 valence electrons. The Morgan fingerprint density at radius 3 is 3.00 bits per heavy atom. The van der Waals surface area contributed by atoms with Gasteiger partial charge in [0, 0.05) is 26.7 Å². The first-order valence-electron chi connectivity index (χ1n) is 5.44. The summed E-state index contributed by atoms with van der Waals surface area (Å²) in [5, 5.41) is 0. The lowest BCUT2D eigenvalue weighted by Crippen LogP contribution is -2.40. The van der Waals surface area contributed by atoms with Crippen molar-refractivity contribution in [2.45, 2.75) is 13.3 Å². The van der Waals surface area contributed by atoms with Crippen LogP contribution in [0.5, 0.6) is 0 Å². The van der Waals surface area contributed by atoms with E-state index in [9.17, 15) is 0 Å². The third-order valence-electron chi connectivity index (χ3n) is 2.78. The molecule has 0 amide bonds. The monoisotopic (exact) mass is 206 g/mol. The van der Waals surface area contributed by atoms with Gasteiger partial charge in [-0.3, -0.25) is 0 Å². The zero-order valence-corrected chi connectivity index (χ0v) is 9.40. The van der Waals surface area contributed by atoms with Gasteiger partial charge in [0.1, 0.15) is 0 Å². The van der Waals surface area contributed by atoms with Crippen molar-refractivity contribution in [3.05, 3.63) is 12.3 Å². The highest BCUT2D eigenvalue weighted by atomic mass is 15.3. The fraction of sp³-hybridized carbons (Fsp3) is 0.545. The number of likely N-dealkylation sites (N-methyl/N-ethyl adjacent to an activating group) is 1. The van der Waals surface area contributed by atoms with Crippen LogP contribution < -0.4 is 15.5 Å². The van der Waals surface area contributed by atoms with Crippen LogP contribution in [-0.4, -0.2) is 31.7 Å². The van der Waals surface area contributed by atoms with Crippen molar-refractivity contribution < 1.29 is 0 Å². The molecule has 0 fully saturated rings. The smallest absolute Gasteiger partial charge is 0.152 e. The third kappa shape index (κ3) is 1.84. The normalized spacial score (nSPS) is 15.3. The van der Waals surface area contributed by atoms with Crippen molar-refractivity contribution in [2.75, 3.05) is 42.2 Å². The lowest BCUT2D eigenvalue weighted by atomic mass is 10.2. The highest BCUT2D eigenvalue weighted by Crippen LogP contribution is 2.31. The van der Waals surface area contributed by atoms with Gasteiger partial charge in [0.05, 0.1) is 17.6 Å². The van der Waals surface area contributed by atoms with Crippen LogP contribution in [0.15, 0.2) is 12.3 Å². The molecule has 0 bridgehead atoms. The van der Waals surface area contributed by atoms with Crippen molar-refractivity contribution in [2.24, 2.45) is 0 Å². The van der Waals surface area contributed by atoms with Crippen LogP contribution in [0, 0.1) is 0 Å². The largest absolute Gasteiger partial charge is 0.397 e. The van der Waals surface area contributed by atoms with Gasteiger partial charge in [-0.05, 0) is 12.5 Å². The van der Waals surface area contributed by atoms with Gasteiger partial charge in [0.25, 0.3) is 0 Å². The second-order valence-corrected chi connectivity index (χ2v) is 4.02. The van der Waals surface area contributed by atoms with E-state index in [-0.39, 0.29) is 0 Å². The molecule has 0 radical (unpaired) electrons. The molecular weight excluding hydrogens is 188 g/mol. The van der Waals surface area contributed by atoms with Crippen molar-refractivity contribution in [1.29, 1.82) is 0 Å². The molecule has 1 aromatic heterocycles. The van der Waals surface area contributed by atoms with Crippen molar-refractivity contribution in [3.63, 3.8) is 0 Å². The van der Waals surface area contributed by atoms with Gasteiger partial charge in [-0.25, -0.2) is 4.98 Å². The Labute approximate surface area is 90.7 Å². The van der Waals surface area contributed by atoms with E-state index in [0.29, 0.717) is 0 Å². The van der Waals surface area contributed by atoms with E-state index in [2.05, 4.69) is 28.8 Å². The van der Waals surface area contributed by atoms with Crippen LogP contribution in [0.25, 0.3) is 0 Å². The Bertz CT molecular complexity index is 350. The predicted octanol–water partition coefficient (Wildman–Crippen LogP) is 1.33. The Morgan fingerprint density at radius 2 is 2.27 bits per heavy atom. The Morgan fingerprint density at radius 1 is 1.47 bits per heavy atom. The standard InChI is InChI=1S/C11H18N4/c1-3-4-15-6-5-14(2)10-7-9(12)8-13-11(10)15/h7-8H,3-6,12H2,1-2H3. The number of hydrogen-bond donors (Lipinski definition) is 1. The average molecular weight is 206 g/mol. The number of hydrogen-bond acceptors (Lipinski definition) is 4. The summed E-state index contributed by atoms with van der Waals surface area (Å²) in [7, 11) is 2.09. The first-order chi connectivity index (χ1) is 7.22. The minimum atomic E-state index is 0.735. The van der Waals surface area contributed by atoms with Crippen molar-refractivity contribution in [3.8, 4) is 0 Å². The topological polar surface area (TPSA) is 45.4 Å². The molecule has 15 heavy (non-hydrogen) atoms. The van der Waals surface area contributed by atoms with Gasteiger partial charge in [-0.15, -0.1) is 0 Å². The fourth-order valence-corrected chi connectivity index (χ4v) is 1.97. The minimum Gasteiger partial charge on any atom is -0.397 e. The number of nitrogens with two attached hydrogens (primary N) is 1. The van der Waals surface area contributed by atoms with E-state index in [1.165, 1.54) is 0 Å². The summed E-state index contributed by atoms with van der Waals surface area (Å²) < 4.78 is 0. The number of nitrogens with zero attached hydrogens (tertiary/aromatic N) is 3. The number of pyridine rings is 1. The number of fused-ring (bicyclic) bond motifs is 1. The van der Waals surface area contributed by atoms with Crippen LogP contribution >= 0.6 is 0 Å². The summed E-state index contributed by atoms with van der Waals surface area (Å²) in [6.45, 7) is 5.35. The van der Waals surface area contributed by atoms with Crippen LogP contribution in [0.4, 0.5) is 17.2 Å². The molecular formula is C11H18N4. The second kappa shape index (κ2) is 3.96. The molecule has 4 heteroatoms. The first kappa shape index (κ1) is 10.1. The molecule has 0 saturated carbocycles. The summed E-state index contributed by atoms with van der Waals surface area (Å²) in [4.78, 5) is 8.97. The molecule has 1 aliphatic heterocycles. The molecule has 0 aliphatic carbocycles. The number of rotatable bonds is 2. The van der Waals surface area contributed by atoms with E-state index in [4.69, 9.17) is 5.73 Å². The average Bonchev–Trinajstić information content (AvgIpc) is 2.23. The van der Waals surface area contributed by atoms with Crippen LogP contribution in [0.2, 0.25) is 0 Å². The summed E-state index contributed by atoms with van der Waals surface area (Å²) in [5.74, 6) is 1.07. The quantitative estimate of drug-likeness (QED) is 0.793. The predicted molar refractivity (Wildman–Crippen MR) is 64.4 cm³/mol. The maximum absolute atomic E-state index is 5.76. The zero-order valence-electron chi connectivity index (χ0n) is 9.40. The van der Waals surface area contributed by atoms with Gasteiger partial charge < -0.3 is 15.5 Å². The maximum Gasteiger partial charge on any atom is 0.152 e. The van der Waals surface area contributed by atoms with E-state index < -0.39 is 0 Å². The third-order valence-corrected chi connectivity index (χ3v) is 2.78. The van der Waals surface area contributed by atoms with E-state index in [1.54, 1.807) is 6.20 Å². The van der Waals surface area contributed by atoms with E-state index in [1.807, 2.05) is 6.07 Å². The van der Waals surface area contributed by atoms with Crippen LogP contribution in [-0.2, 0) is 0 Å². The van der Waals surface area contributed by atoms with Gasteiger partial charge in [-0.1, -0.05) is 6.92 Å². The van der Waals surface area contributed by atoms with E-state index in [0.717, 1.165) is 43.2 Å². The molecule has 1 aliphatic rings. The molecule has 2 heterocycles. The number of nitrogen functional groups attached to an aromatic ring is 1. The molecule has 2 rings (SSSR count). The second-order valence-electron chi connectivity index (χ2n) is 4.02. The summed E-state index contributed by atoms with van der Waals surface area (Å²) in [6, 6.07) is 2.00. The minimum absolute atomic E-state index is 0.735. The highest BCUT2D eigenvalue weighted by molar-refractivity contribution is 5.72. The summed E-state index contributed by atoms with van der Waals surface area (Å²) >= 11 is 0.